The summed E-state index contributed by atoms with van der Waals surface area (Å²) in [5.41, 5.74) is 13.1. The predicted octanol–water partition coefficient (Wildman–Crippen LogP) is 5.34. The van der Waals surface area contributed by atoms with Gasteiger partial charge in [-0.2, -0.15) is 5.10 Å². The molecule has 0 unspecified atom stereocenters. The molecule has 5 aromatic rings. The first-order chi connectivity index (χ1) is 15.6. The van der Waals surface area contributed by atoms with Crippen LogP contribution >= 0.6 is 0 Å². The lowest BCUT2D eigenvalue weighted by Gasteiger charge is -2.17. The van der Waals surface area contributed by atoms with Crippen molar-refractivity contribution in [2.24, 2.45) is 5.73 Å². The Morgan fingerprint density at radius 1 is 0.938 bits per heavy atom. The molecule has 0 saturated carbocycles. The molecule has 0 spiro atoms. The van der Waals surface area contributed by atoms with Crippen LogP contribution in [0.2, 0.25) is 0 Å². The molecular weight excluding hydrogens is 396 g/mol. The molecule has 32 heavy (non-hydrogen) atoms. The minimum Gasteiger partial charge on any atom is -0.490 e. The van der Waals surface area contributed by atoms with Gasteiger partial charge in [-0.1, -0.05) is 42.5 Å². The summed E-state index contributed by atoms with van der Waals surface area (Å²) in [6, 6.07) is 20.9. The Bertz CT molecular complexity index is 1410. The van der Waals surface area contributed by atoms with Gasteiger partial charge in [0, 0.05) is 23.2 Å². The van der Waals surface area contributed by atoms with E-state index in [1.54, 1.807) is 6.20 Å². The van der Waals surface area contributed by atoms with E-state index in [2.05, 4.69) is 70.6 Å². The molecule has 0 radical (unpaired) electrons. The average molecular weight is 423 g/mol. The maximum absolute atomic E-state index is 6.47. The summed E-state index contributed by atoms with van der Waals surface area (Å²) >= 11 is 0. The molecule has 2 aromatic heterocycles. The van der Waals surface area contributed by atoms with E-state index in [4.69, 9.17) is 10.5 Å². The van der Waals surface area contributed by atoms with Crippen LogP contribution in [0.25, 0.3) is 32.8 Å². The van der Waals surface area contributed by atoms with Crippen molar-refractivity contribution in [1.82, 2.24) is 15.2 Å². The first-order valence-corrected chi connectivity index (χ1v) is 10.8. The Hall–Kier alpha value is -3.70. The van der Waals surface area contributed by atoms with Crippen molar-refractivity contribution >= 4 is 21.7 Å². The lowest BCUT2D eigenvalue weighted by Crippen LogP contribution is -2.30. The number of nitrogens with one attached hydrogen (secondary N) is 1. The fourth-order valence-corrected chi connectivity index (χ4v) is 4.22. The summed E-state index contributed by atoms with van der Waals surface area (Å²) in [5, 5.41) is 10.9. The topological polar surface area (TPSA) is 76.8 Å². The molecule has 0 amide bonds. The van der Waals surface area contributed by atoms with Crippen molar-refractivity contribution in [3.8, 4) is 16.9 Å². The fourth-order valence-electron chi connectivity index (χ4n) is 4.22. The second-order valence-electron chi connectivity index (χ2n) is 8.34. The second-order valence-corrected chi connectivity index (χ2v) is 8.34. The van der Waals surface area contributed by atoms with Crippen molar-refractivity contribution in [3.63, 3.8) is 0 Å². The van der Waals surface area contributed by atoms with Crippen LogP contribution in [0.15, 0.2) is 73.1 Å². The summed E-state index contributed by atoms with van der Waals surface area (Å²) in [4.78, 5) is 4.38. The van der Waals surface area contributed by atoms with Gasteiger partial charge in [0.25, 0.3) is 0 Å². The highest BCUT2D eigenvalue weighted by atomic mass is 16.5. The number of hydrogen-bond donors (Lipinski definition) is 2. The third kappa shape index (κ3) is 3.95. The molecule has 160 valence electrons. The lowest BCUT2D eigenvalue weighted by atomic mass is 9.95. The van der Waals surface area contributed by atoms with E-state index in [-0.39, 0.29) is 6.04 Å². The molecule has 0 aliphatic heterocycles. The van der Waals surface area contributed by atoms with Gasteiger partial charge in [0.05, 0.1) is 17.4 Å². The molecule has 2 heterocycles. The normalized spacial score (nSPS) is 12.3. The van der Waals surface area contributed by atoms with Crippen LogP contribution in [0.1, 0.15) is 16.8 Å². The summed E-state index contributed by atoms with van der Waals surface area (Å²) in [6.07, 6.45) is 4.35. The Kier molecular flexibility index (Phi) is 5.33. The third-order valence-corrected chi connectivity index (χ3v) is 6.01. The smallest absolute Gasteiger partial charge is 0.138 e. The van der Waals surface area contributed by atoms with Crippen molar-refractivity contribution in [3.05, 3.63) is 89.9 Å². The van der Waals surface area contributed by atoms with Crippen molar-refractivity contribution in [1.29, 1.82) is 0 Å². The molecule has 0 aliphatic rings. The van der Waals surface area contributed by atoms with E-state index in [1.807, 2.05) is 25.3 Å². The summed E-state index contributed by atoms with van der Waals surface area (Å²) in [7, 11) is 0. The maximum Gasteiger partial charge on any atom is 0.138 e. The van der Waals surface area contributed by atoms with Gasteiger partial charge in [0.1, 0.15) is 12.4 Å². The highest BCUT2D eigenvalue weighted by molar-refractivity contribution is 5.87. The minimum atomic E-state index is -0.118. The van der Waals surface area contributed by atoms with Gasteiger partial charge in [-0.25, -0.2) is 0 Å². The van der Waals surface area contributed by atoms with Crippen molar-refractivity contribution in [2.45, 2.75) is 26.3 Å². The Morgan fingerprint density at radius 3 is 2.72 bits per heavy atom. The van der Waals surface area contributed by atoms with E-state index in [0.29, 0.717) is 6.61 Å². The first-order valence-electron chi connectivity index (χ1n) is 10.8. The zero-order chi connectivity index (χ0) is 22.1. The minimum absolute atomic E-state index is 0.118. The number of pyridine rings is 1. The second kappa shape index (κ2) is 8.44. The van der Waals surface area contributed by atoms with Crippen molar-refractivity contribution < 1.29 is 4.74 Å². The Morgan fingerprint density at radius 2 is 1.81 bits per heavy atom. The Labute approximate surface area is 187 Å². The van der Waals surface area contributed by atoms with Gasteiger partial charge >= 0.3 is 0 Å². The fraction of sp³-hybridized carbons (Fsp3) is 0.185. The van der Waals surface area contributed by atoms with Crippen LogP contribution in [0.4, 0.5) is 0 Å². The number of aromatic amines is 1. The quantitative estimate of drug-likeness (QED) is 0.387. The molecule has 0 saturated heterocycles. The number of aromatic nitrogens is 3. The molecule has 3 aromatic carbocycles. The number of nitrogens with two attached hydrogens (primary N) is 1. The van der Waals surface area contributed by atoms with Crippen LogP contribution in [-0.2, 0) is 6.42 Å². The molecule has 3 N–H and O–H groups in total. The summed E-state index contributed by atoms with van der Waals surface area (Å²) in [6.45, 7) is 4.56. The van der Waals surface area contributed by atoms with Crippen LogP contribution in [0, 0.1) is 13.8 Å². The SMILES string of the molecule is Cc1ccc2ccccc2c1C[C@H](N)COc1cncc(-c2ccc3[nH]nc(C)c3c2)c1. The van der Waals surface area contributed by atoms with E-state index < -0.39 is 0 Å². The van der Waals surface area contributed by atoms with Crippen LogP contribution in [-0.4, -0.2) is 27.8 Å². The average Bonchev–Trinajstić information content (AvgIpc) is 3.20. The van der Waals surface area contributed by atoms with Crippen molar-refractivity contribution in [2.75, 3.05) is 6.61 Å². The molecular formula is C27H26N4O. The molecule has 0 aliphatic carbocycles. The predicted molar refractivity (Wildman–Crippen MR) is 130 cm³/mol. The standard InChI is InChI=1S/C27H26N4O/c1-17-7-8-19-5-3-4-6-24(19)25(17)13-22(28)16-32-23-11-21(14-29-15-23)20-9-10-27-26(12-20)18(2)30-31-27/h3-12,14-15,22H,13,16,28H2,1-2H3,(H,30,31)/t22-/m0/s1. The number of benzene rings is 3. The molecule has 1 atom stereocenters. The number of H-pyrrole nitrogens is 1. The zero-order valence-electron chi connectivity index (χ0n) is 18.3. The van der Waals surface area contributed by atoms with Crippen LogP contribution < -0.4 is 10.5 Å². The van der Waals surface area contributed by atoms with E-state index in [1.165, 1.54) is 21.9 Å². The first kappa shape index (κ1) is 20.2. The molecule has 0 fully saturated rings. The number of rotatable bonds is 6. The van der Waals surface area contributed by atoms with Gasteiger partial charge in [-0.05, 0) is 65.9 Å². The van der Waals surface area contributed by atoms with Gasteiger partial charge in [0.2, 0.25) is 0 Å². The van der Waals surface area contributed by atoms with Gasteiger partial charge in [-0.15, -0.1) is 0 Å². The monoisotopic (exact) mass is 422 g/mol. The van der Waals surface area contributed by atoms with Gasteiger partial charge in [-0.3, -0.25) is 10.1 Å². The number of fused-ring (bicyclic) bond motifs is 2. The van der Waals surface area contributed by atoms with Gasteiger partial charge < -0.3 is 10.5 Å². The van der Waals surface area contributed by atoms with E-state index in [9.17, 15) is 0 Å². The number of aryl methyl sites for hydroxylation is 2. The van der Waals surface area contributed by atoms with Crippen LogP contribution in [0.3, 0.4) is 0 Å². The molecule has 0 bridgehead atoms. The highest BCUT2D eigenvalue weighted by Crippen LogP contribution is 2.27. The summed E-state index contributed by atoms with van der Waals surface area (Å²) in [5.74, 6) is 0.719. The van der Waals surface area contributed by atoms with E-state index in [0.717, 1.165) is 39.9 Å². The lowest BCUT2D eigenvalue weighted by molar-refractivity contribution is 0.287. The maximum atomic E-state index is 6.47. The highest BCUT2D eigenvalue weighted by Gasteiger charge is 2.12. The van der Waals surface area contributed by atoms with Crippen LogP contribution in [0.5, 0.6) is 5.75 Å². The molecule has 5 nitrogen and oxygen atoms in total. The number of hydrogen-bond acceptors (Lipinski definition) is 4. The van der Waals surface area contributed by atoms with Gasteiger partial charge in [0.15, 0.2) is 0 Å². The zero-order valence-corrected chi connectivity index (χ0v) is 18.3. The Balaban J connectivity index is 1.31. The molecule has 5 rings (SSSR count). The number of ether oxygens (including phenoxy) is 1. The summed E-state index contributed by atoms with van der Waals surface area (Å²) < 4.78 is 6.04. The largest absolute Gasteiger partial charge is 0.490 e. The van der Waals surface area contributed by atoms with E-state index >= 15 is 0 Å². The molecule has 5 heteroatoms. The number of nitrogens with zero attached hydrogens (tertiary/aromatic N) is 2. The third-order valence-electron chi connectivity index (χ3n) is 6.01.